The van der Waals surface area contributed by atoms with Crippen molar-refractivity contribution in [2.45, 2.75) is 19.8 Å². The highest BCUT2D eigenvalue weighted by Crippen LogP contribution is 2.16. The molecule has 1 rings (SSSR count). The van der Waals surface area contributed by atoms with E-state index in [0.717, 1.165) is 31.0 Å². The first-order valence-corrected chi connectivity index (χ1v) is 5.08. The summed E-state index contributed by atoms with van der Waals surface area (Å²) in [5.74, 6) is 2.59. The van der Waals surface area contributed by atoms with Gasteiger partial charge in [0, 0.05) is 0 Å². The third-order valence-corrected chi connectivity index (χ3v) is 2.17. The first-order valence-electron chi connectivity index (χ1n) is 4.45. The van der Waals surface area contributed by atoms with Gasteiger partial charge in [-0.25, -0.2) is 0 Å². The number of hydrogen-bond donors (Lipinski definition) is 1. The van der Waals surface area contributed by atoms with Crippen LogP contribution in [0.2, 0.25) is 0 Å². The number of hydrogen-bond acceptors (Lipinski definition) is 2. The number of rotatable bonds is 4. The molecule has 2 heteroatoms. The molecule has 0 fully saturated rings. The van der Waals surface area contributed by atoms with Crippen molar-refractivity contribution in [2.24, 2.45) is 5.92 Å². The molecule has 0 heterocycles. The molecule has 68 valence electrons. The molecule has 0 radical (unpaired) electrons. The maximum absolute atomic E-state index is 5.50. The molecule has 0 unspecified atom stereocenters. The molecular weight excluding hydrogens is 168 g/mol. The summed E-state index contributed by atoms with van der Waals surface area (Å²) < 4.78 is 5.50. The number of allylic oxidation sites excluding steroid dienone is 3. The van der Waals surface area contributed by atoms with Gasteiger partial charge in [0.1, 0.15) is 5.76 Å². The van der Waals surface area contributed by atoms with Gasteiger partial charge in [0.2, 0.25) is 0 Å². The van der Waals surface area contributed by atoms with Crippen molar-refractivity contribution in [1.82, 2.24) is 0 Å². The van der Waals surface area contributed by atoms with Crippen molar-refractivity contribution in [2.75, 3.05) is 12.4 Å². The number of ether oxygens (including phenoxy) is 1. The van der Waals surface area contributed by atoms with Crippen molar-refractivity contribution in [3.63, 3.8) is 0 Å². The highest BCUT2D eigenvalue weighted by Gasteiger charge is 2.03. The van der Waals surface area contributed by atoms with Crippen LogP contribution >= 0.6 is 12.6 Å². The molecule has 0 aromatic rings. The van der Waals surface area contributed by atoms with Crippen LogP contribution in [0, 0.1) is 5.92 Å². The minimum absolute atomic E-state index is 0.669. The van der Waals surface area contributed by atoms with Crippen LogP contribution in [0.15, 0.2) is 24.0 Å². The Morgan fingerprint density at radius 3 is 3.08 bits per heavy atom. The molecule has 0 spiro atoms. The van der Waals surface area contributed by atoms with E-state index in [4.69, 9.17) is 4.74 Å². The monoisotopic (exact) mass is 184 g/mol. The van der Waals surface area contributed by atoms with Crippen LogP contribution in [0.4, 0.5) is 0 Å². The van der Waals surface area contributed by atoms with Gasteiger partial charge in [0.05, 0.1) is 6.61 Å². The molecule has 12 heavy (non-hydrogen) atoms. The van der Waals surface area contributed by atoms with Crippen LogP contribution in [0.3, 0.4) is 0 Å². The van der Waals surface area contributed by atoms with Gasteiger partial charge in [-0.1, -0.05) is 13.0 Å². The second-order valence-electron chi connectivity index (χ2n) is 3.10. The molecule has 0 saturated heterocycles. The van der Waals surface area contributed by atoms with Crippen LogP contribution < -0.4 is 0 Å². The lowest BCUT2D eigenvalue weighted by Crippen LogP contribution is -1.99. The summed E-state index contributed by atoms with van der Waals surface area (Å²) >= 11 is 4.12. The molecule has 0 N–H and O–H groups in total. The van der Waals surface area contributed by atoms with E-state index >= 15 is 0 Å². The van der Waals surface area contributed by atoms with E-state index in [0.29, 0.717) is 5.92 Å². The Bertz CT molecular complexity index is 184. The fourth-order valence-corrected chi connectivity index (χ4v) is 1.20. The Morgan fingerprint density at radius 1 is 1.67 bits per heavy atom. The van der Waals surface area contributed by atoms with Gasteiger partial charge in [0.25, 0.3) is 0 Å². The first-order chi connectivity index (χ1) is 5.83. The standard InChI is InChI=1S/C10H16OS/c1-9-3-5-10(6-4-9)11-7-2-8-12/h3,5-6,9,12H,2,4,7-8H2,1H3/t9-/m1/s1. The molecule has 1 nitrogen and oxygen atoms in total. The Kier molecular flexibility index (Phi) is 4.30. The third-order valence-electron chi connectivity index (χ3n) is 1.85. The summed E-state index contributed by atoms with van der Waals surface area (Å²) in [6.45, 7) is 2.99. The van der Waals surface area contributed by atoms with Gasteiger partial charge < -0.3 is 4.74 Å². The predicted molar refractivity (Wildman–Crippen MR) is 55.4 cm³/mol. The second kappa shape index (κ2) is 5.31. The minimum atomic E-state index is 0.669. The van der Waals surface area contributed by atoms with E-state index in [1.165, 1.54) is 0 Å². The second-order valence-corrected chi connectivity index (χ2v) is 3.55. The van der Waals surface area contributed by atoms with E-state index in [1.54, 1.807) is 0 Å². The molecule has 0 aromatic carbocycles. The quantitative estimate of drug-likeness (QED) is 0.522. The maximum Gasteiger partial charge on any atom is 0.115 e. The molecule has 0 aliphatic heterocycles. The Labute approximate surface area is 79.9 Å². The average Bonchev–Trinajstić information content (AvgIpc) is 2.09. The smallest absolute Gasteiger partial charge is 0.115 e. The summed E-state index contributed by atoms with van der Waals surface area (Å²) in [5, 5.41) is 0. The van der Waals surface area contributed by atoms with Crippen LogP contribution in [0.5, 0.6) is 0 Å². The van der Waals surface area contributed by atoms with Crippen molar-refractivity contribution < 1.29 is 4.74 Å². The van der Waals surface area contributed by atoms with Crippen LogP contribution in [0.25, 0.3) is 0 Å². The summed E-state index contributed by atoms with van der Waals surface area (Å²) in [7, 11) is 0. The average molecular weight is 184 g/mol. The van der Waals surface area contributed by atoms with Gasteiger partial charge in [-0.2, -0.15) is 12.6 Å². The third kappa shape index (κ3) is 3.35. The Morgan fingerprint density at radius 2 is 2.50 bits per heavy atom. The van der Waals surface area contributed by atoms with Crippen molar-refractivity contribution in [3.8, 4) is 0 Å². The van der Waals surface area contributed by atoms with Gasteiger partial charge in [0.15, 0.2) is 0 Å². The van der Waals surface area contributed by atoms with Crippen molar-refractivity contribution in [1.29, 1.82) is 0 Å². The Hall–Kier alpha value is -0.370. The van der Waals surface area contributed by atoms with Crippen molar-refractivity contribution >= 4 is 12.6 Å². The normalized spacial score (nSPS) is 22.2. The van der Waals surface area contributed by atoms with Crippen LogP contribution in [0.1, 0.15) is 19.8 Å². The summed E-state index contributed by atoms with van der Waals surface area (Å²) in [6, 6.07) is 0. The van der Waals surface area contributed by atoms with Gasteiger partial charge in [-0.3, -0.25) is 0 Å². The van der Waals surface area contributed by atoms with Gasteiger partial charge >= 0.3 is 0 Å². The zero-order valence-electron chi connectivity index (χ0n) is 7.49. The number of thiol groups is 1. The predicted octanol–water partition coefficient (Wildman–Crippen LogP) is 2.80. The molecule has 1 atom stereocenters. The highest BCUT2D eigenvalue weighted by molar-refractivity contribution is 7.80. The summed E-state index contributed by atoms with van der Waals surface area (Å²) in [4.78, 5) is 0. The van der Waals surface area contributed by atoms with E-state index < -0.39 is 0 Å². The molecular formula is C10H16OS. The summed E-state index contributed by atoms with van der Waals surface area (Å²) in [5.41, 5.74) is 0. The molecule has 1 aliphatic carbocycles. The highest BCUT2D eigenvalue weighted by atomic mass is 32.1. The maximum atomic E-state index is 5.50. The fraction of sp³-hybridized carbons (Fsp3) is 0.600. The zero-order chi connectivity index (χ0) is 8.81. The zero-order valence-corrected chi connectivity index (χ0v) is 8.39. The largest absolute Gasteiger partial charge is 0.494 e. The van der Waals surface area contributed by atoms with Crippen molar-refractivity contribution in [3.05, 3.63) is 24.0 Å². The van der Waals surface area contributed by atoms with Gasteiger partial charge in [-0.05, 0) is 36.7 Å². The Balaban J connectivity index is 2.21. The molecule has 0 aromatic heterocycles. The lowest BCUT2D eigenvalue weighted by Gasteiger charge is -2.12. The van der Waals surface area contributed by atoms with E-state index in [-0.39, 0.29) is 0 Å². The molecule has 0 bridgehead atoms. The van der Waals surface area contributed by atoms with E-state index in [2.05, 4.69) is 37.8 Å². The van der Waals surface area contributed by atoms with E-state index in [9.17, 15) is 0 Å². The molecule has 1 aliphatic rings. The molecule has 0 amide bonds. The fourth-order valence-electron chi connectivity index (χ4n) is 1.07. The first kappa shape index (κ1) is 9.72. The SMILES string of the molecule is C[C@@H]1C=CC(OCCCS)=CC1. The van der Waals surface area contributed by atoms with Crippen LogP contribution in [-0.4, -0.2) is 12.4 Å². The van der Waals surface area contributed by atoms with Crippen LogP contribution in [-0.2, 0) is 4.74 Å². The summed E-state index contributed by atoms with van der Waals surface area (Å²) in [6.07, 6.45) is 8.53. The topological polar surface area (TPSA) is 9.23 Å². The lowest BCUT2D eigenvalue weighted by molar-refractivity contribution is 0.223. The van der Waals surface area contributed by atoms with E-state index in [1.807, 2.05) is 0 Å². The lowest BCUT2D eigenvalue weighted by atomic mass is 10.0. The molecule has 0 saturated carbocycles. The minimum Gasteiger partial charge on any atom is -0.494 e. The van der Waals surface area contributed by atoms with Gasteiger partial charge in [-0.15, -0.1) is 0 Å².